The summed E-state index contributed by atoms with van der Waals surface area (Å²) < 4.78 is 11.3. The number of methoxy groups -OCH3 is 2. The van der Waals surface area contributed by atoms with E-state index in [1.165, 1.54) is 23.3 Å². The van der Waals surface area contributed by atoms with Crippen molar-refractivity contribution in [1.29, 1.82) is 0 Å². The number of hydrogen-bond donors (Lipinski definition) is 3. The number of benzene rings is 1. The Morgan fingerprint density at radius 3 is 2.69 bits per heavy atom. The molecule has 1 fully saturated rings. The Morgan fingerprint density at radius 2 is 2.05 bits per heavy atom. The molecular formula is C29H34INO7S. The molecule has 8 nitrogen and oxygen atoms in total. The number of thiophene rings is 1. The molecule has 0 unspecified atom stereocenters. The summed E-state index contributed by atoms with van der Waals surface area (Å²) in [4.78, 5) is 29.0. The summed E-state index contributed by atoms with van der Waals surface area (Å²) in [5.41, 5.74) is 3.28. The zero-order valence-electron chi connectivity index (χ0n) is 22.2. The van der Waals surface area contributed by atoms with Gasteiger partial charge >= 0.3 is 0 Å². The molecule has 2 heterocycles. The van der Waals surface area contributed by atoms with Crippen molar-refractivity contribution in [2.24, 2.45) is 17.8 Å². The van der Waals surface area contributed by atoms with E-state index in [2.05, 4.69) is 22.6 Å². The Labute approximate surface area is 246 Å². The standard InChI is InChI=1S/C29H34INO7S/c1-16(9-17-10-22(30)27(34)24(11-17)38-3)6-7-23(33)25-18(15-37-2)12-20-26(21(25)14-32)29(36)31(28(20)35)13-19-5-4-8-39-19/h4-5,8-11,20-21,23,26,32-34H,6-7,12-15H2,1-3H3/b16-9+/t20-,21+,23-,26-/m1/s1. The normalized spacial score (nSPS) is 22.5. The van der Waals surface area contributed by atoms with Gasteiger partial charge in [0.2, 0.25) is 11.8 Å². The van der Waals surface area contributed by atoms with E-state index in [0.717, 1.165) is 21.6 Å². The highest BCUT2D eigenvalue weighted by Crippen LogP contribution is 2.46. The van der Waals surface area contributed by atoms with Crippen LogP contribution in [0.5, 0.6) is 11.5 Å². The lowest BCUT2D eigenvalue weighted by Crippen LogP contribution is -2.39. The topological polar surface area (TPSA) is 117 Å². The van der Waals surface area contributed by atoms with Gasteiger partial charge in [-0.15, -0.1) is 11.3 Å². The first kappa shape index (κ1) is 29.7. The van der Waals surface area contributed by atoms with E-state index in [4.69, 9.17) is 9.47 Å². The summed E-state index contributed by atoms with van der Waals surface area (Å²) in [5, 5.41) is 33.8. The number of hydrogen-bond acceptors (Lipinski definition) is 8. The molecule has 210 valence electrons. The number of phenolic OH excluding ortho intramolecular Hbond substituents is 1. The number of allylic oxidation sites excluding steroid dienone is 1. The van der Waals surface area contributed by atoms with Crippen LogP contribution in [0, 0.1) is 21.3 Å². The number of carbonyl (C=O) groups is 2. The van der Waals surface area contributed by atoms with Crippen LogP contribution in [0.25, 0.3) is 6.08 Å². The van der Waals surface area contributed by atoms with Gasteiger partial charge < -0.3 is 24.8 Å². The molecule has 0 saturated carbocycles. The van der Waals surface area contributed by atoms with E-state index in [1.54, 1.807) is 13.2 Å². The summed E-state index contributed by atoms with van der Waals surface area (Å²) in [5.74, 6) is -1.94. The largest absolute Gasteiger partial charge is 0.504 e. The second-order valence-electron chi connectivity index (χ2n) is 10.1. The van der Waals surface area contributed by atoms with Crippen LogP contribution in [-0.2, 0) is 20.9 Å². The van der Waals surface area contributed by atoms with E-state index in [-0.39, 0.29) is 37.3 Å². The number of phenols is 1. The second kappa shape index (κ2) is 12.9. The third-order valence-electron chi connectivity index (χ3n) is 7.54. The number of ether oxygens (including phenoxy) is 2. The second-order valence-corrected chi connectivity index (χ2v) is 12.3. The van der Waals surface area contributed by atoms with Crippen LogP contribution in [-0.4, -0.2) is 65.6 Å². The third-order valence-corrected chi connectivity index (χ3v) is 9.22. The van der Waals surface area contributed by atoms with E-state index in [9.17, 15) is 24.9 Å². The van der Waals surface area contributed by atoms with E-state index in [0.29, 0.717) is 34.2 Å². The van der Waals surface area contributed by atoms with Gasteiger partial charge in [0.25, 0.3) is 0 Å². The van der Waals surface area contributed by atoms with Crippen molar-refractivity contribution in [2.75, 3.05) is 27.4 Å². The predicted molar refractivity (Wildman–Crippen MR) is 157 cm³/mol. The van der Waals surface area contributed by atoms with Gasteiger partial charge in [-0.1, -0.05) is 17.7 Å². The number of fused-ring (bicyclic) bond motifs is 1. The number of nitrogens with zero attached hydrogens (tertiary/aromatic N) is 1. The van der Waals surface area contributed by atoms with Gasteiger partial charge in [0.1, 0.15) is 0 Å². The van der Waals surface area contributed by atoms with Crippen LogP contribution >= 0.6 is 33.9 Å². The predicted octanol–water partition coefficient (Wildman–Crippen LogP) is 4.37. The van der Waals surface area contributed by atoms with Crippen LogP contribution in [0.2, 0.25) is 0 Å². The molecule has 1 saturated heterocycles. The molecule has 1 aromatic heterocycles. The minimum absolute atomic E-state index is 0.0977. The number of aliphatic hydroxyl groups is 2. The number of amides is 2. The molecule has 2 aromatic rings. The molecule has 2 amide bonds. The van der Waals surface area contributed by atoms with Gasteiger partial charge in [0.05, 0.1) is 48.4 Å². The SMILES string of the molecule is COCC1=C([C@H](O)CC/C(C)=C/c2cc(I)c(O)c(OC)c2)[C@H](CO)[C@@H]2C(=O)N(Cc3cccs3)C(=O)[C@@H]2C1. The van der Waals surface area contributed by atoms with Crippen LogP contribution in [0.4, 0.5) is 0 Å². The fourth-order valence-electron chi connectivity index (χ4n) is 5.75. The van der Waals surface area contributed by atoms with E-state index in [1.807, 2.05) is 36.6 Å². The van der Waals surface area contributed by atoms with Gasteiger partial charge in [-0.3, -0.25) is 14.5 Å². The molecule has 3 N–H and O–H groups in total. The lowest BCUT2D eigenvalue weighted by Gasteiger charge is -2.36. The summed E-state index contributed by atoms with van der Waals surface area (Å²) in [6, 6.07) is 7.39. The van der Waals surface area contributed by atoms with Gasteiger partial charge in [-0.2, -0.15) is 0 Å². The van der Waals surface area contributed by atoms with Crippen molar-refractivity contribution < 1.29 is 34.4 Å². The number of carbonyl (C=O) groups excluding carboxylic acids is 2. The summed E-state index contributed by atoms with van der Waals surface area (Å²) in [6.07, 6.45) is 2.34. The van der Waals surface area contributed by atoms with Crippen molar-refractivity contribution in [2.45, 2.75) is 38.8 Å². The molecule has 1 aliphatic heterocycles. The fraction of sp³-hybridized carbons (Fsp3) is 0.448. The van der Waals surface area contributed by atoms with Crippen LogP contribution in [0.1, 0.15) is 36.6 Å². The van der Waals surface area contributed by atoms with Crippen molar-refractivity contribution in [3.05, 3.63) is 60.4 Å². The summed E-state index contributed by atoms with van der Waals surface area (Å²) in [7, 11) is 3.06. The van der Waals surface area contributed by atoms with Crippen LogP contribution in [0.3, 0.4) is 0 Å². The highest BCUT2D eigenvalue weighted by Gasteiger charge is 2.54. The first-order chi connectivity index (χ1) is 18.7. The molecule has 0 spiro atoms. The number of aromatic hydroxyl groups is 1. The molecule has 4 atom stereocenters. The zero-order valence-corrected chi connectivity index (χ0v) is 25.2. The minimum atomic E-state index is -0.902. The Hall–Kier alpha value is -2.25. The van der Waals surface area contributed by atoms with Gasteiger partial charge in [-0.05, 0) is 89.1 Å². The molecule has 1 aromatic carbocycles. The monoisotopic (exact) mass is 667 g/mol. The Balaban J connectivity index is 1.54. The smallest absolute Gasteiger partial charge is 0.234 e. The molecule has 0 bridgehead atoms. The number of halogens is 1. The Kier molecular flexibility index (Phi) is 9.87. The van der Waals surface area contributed by atoms with Gasteiger partial charge in [0, 0.05) is 17.9 Å². The summed E-state index contributed by atoms with van der Waals surface area (Å²) in [6.45, 7) is 2.07. The maximum absolute atomic E-state index is 13.5. The van der Waals surface area contributed by atoms with Crippen molar-refractivity contribution in [3.8, 4) is 11.5 Å². The Morgan fingerprint density at radius 1 is 1.28 bits per heavy atom. The van der Waals surface area contributed by atoms with Crippen molar-refractivity contribution in [1.82, 2.24) is 4.90 Å². The molecule has 10 heteroatoms. The highest BCUT2D eigenvalue weighted by atomic mass is 127. The Bertz CT molecular complexity index is 1270. The molecule has 39 heavy (non-hydrogen) atoms. The highest BCUT2D eigenvalue weighted by molar-refractivity contribution is 14.1. The number of rotatable bonds is 11. The molecular weight excluding hydrogens is 633 g/mol. The number of aliphatic hydroxyl groups excluding tert-OH is 2. The average molecular weight is 668 g/mol. The quantitative estimate of drug-likeness (QED) is 0.185. The molecule has 4 rings (SSSR count). The van der Waals surface area contributed by atoms with Crippen LogP contribution in [0.15, 0.2) is 46.4 Å². The van der Waals surface area contributed by atoms with Gasteiger partial charge in [-0.25, -0.2) is 0 Å². The van der Waals surface area contributed by atoms with Crippen molar-refractivity contribution >= 4 is 51.8 Å². The first-order valence-corrected chi connectivity index (χ1v) is 14.8. The third kappa shape index (κ3) is 6.25. The molecule has 1 aliphatic carbocycles. The zero-order chi connectivity index (χ0) is 28.3. The van der Waals surface area contributed by atoms with Crippen molar-refractivity contribution in [3.63, 3.8) is 0 Å². The average Bonchev–Trinajstić information content (AvgIpc) is 3.51. The minimum Gasteiger partial charge on any atom is -0.504 e. The van der Waals surface area contributed by atoms with E-state index < -0.39 is 23.9 Å². The lowest BCUT2D eigenvalue weighted by molar-refractivity contribution is -0.140. The fourth-order valence-corrected chi connectivity index (χ4v) is 7.07. The lowest BCUT2D eigenvalue weighted by atomic mass is 9.68. The number of imide groups is 1. The van der Waals surface area contributed by atoms with Crippen LogP contribution < -0.4 is 4.74 Å². The van der Waals surface area contributed by atoms with E-state index >= 15 is 0 Å². The molecule has 2 aliphatic rings. The summed E-state index contributed by atoms with van der Waals surface area (Å²) >= 11 is 3.54. The first-order valence-electron chi connectivity index (χ1n) is 12.8. The van der Waals surface area contributed by atoms with Gasteiger partial charge in [0.15, 0.2) is 11.5 Å². The maximum atomic E-state index is 13.5. The maximum Gasteiger partial charge on any atom is 0.234 e. The number of likely N-dealkylation sites (tertiary alicyclic amines) is 1. The molecule has 0 radical (unpaired) electrons.